The maximum absolute atomic E-state index is 12.2. The van der Waals surface area contributed by atoms with Crippen LogP contribution < -0.4 is 19.5 Å². The van der Waals surface area contributed by atoms with Crippen molar-refractivity contribution in [3.05, 3.63) is 11.1 Å². The molecule has 0 atom stereocenters. The Morgan fingerprint density at radius 3 is 2.68 bits per heavy atom. The van der Waals surface area contributed by atoms with Gasteiger partial charge in [0.05, 0.1) is 12.8 Å². The van der Waals surface area contributed by atoms with Gasteiger partial charge in [0.15, 0.2) is 11.5 Å². The largest absolute Gasteiger partial charge is 0.492 e. The fraction of sp³-hybridized carbons (Fsp3) is 0.562. The van der Waals surface area contributed by atoms with Crippen molar-refractivity contribution in [3.63, 3.8) is 0 Å². The number of carbonyl (C=O) groups excluding carboxylic acids is 1. The first-order valence-corrected chi connectivity index (χ1v) is 7.53. The van der Waals surface area contributed by atoms with Gasteiger partial charge in [-0.15, -0.1) is 0 Å². The summed E-state index contributed by atoms with van der Waals surface area (Å²) in [7, 11) is 3.71. The summed E-state index contributed by atoms with van der Waals surface area (Å²) in [5.41, 5.74) is 2.91. The van der Waals surface area contributed by atoms with Crippen LogP contribution in [0.25, 0.3) is 0 Å². The second-order valence-corrected chi connectivity index (χ2v) is 6.06. The number of likely N-dealkylation sites (N-methyl/N-ethyl adjacent to an activating group) is 1. The highest BCUT2D eigenvalue weighted by atomic mass is 16.7. The summed E-state index contributed by atoms with van der Waals surface area (Å²) in [4.78, 5) is 14.4. The lowest BCUT2D eigenvalue weighted by Crippen LogP contribution is -2.29. The number of hydrogen-bond acceptors (Lipinski definition) is 5. The van der Waals surface area contributed by atoms with Crippen molar-refractivity contribution in [2.24, 2.45) is 5.92 Å². The second kappa shape index (κ2) is 5.68. The number of ether oxygens (including phenoxy) is 3. The Labute approximate surface area is 130 Å². The molecule has 2 aliphatic heterocycles. The van der Waals surface area contributed by atoms with Gasteiger partial charge in [-0.2, -0.15) is 0 Å². The van der Waals surface area contributed by atoms with Crippen LogP contribution in [-0.2, 0) is 17.8 Å². The van der Waals surface area contributed by atoms with Crippen molar-refractivity contribution < 1.29 is 19.0 Å². The molecule has 1 aromatic rings. The lowest BCUT2D eigenvalue weighted by atomic mass is 9.95. The Morgan fingerprint density at radius 2 is 2.00 bits per heavy atom. The first kappa shape index (κ1) is 15.0. The van der Waals surface area contributed by atoms with E-state index in [0.717, 1.165) is 42.1 Å². The Morgan fingerprint density at radius 1 is 1.27 bits per heavy atom. The highest BCUT2D eigenvalue weighted by molar-refractivity contribution is 5.96. The molecule has 0 unspecified atom stereocenters. The van der Waals surface area contributed by atoms with Crippen molar-refractivity contribution in [3.8, 4) is 17.2 Å². The fourth-order valence-corrected chi connectivity index (χ4v) is 2.91. The van der Waals surface area contributed by atoms with Gasteiger partial charge >= 0.3 is 0 Å². The third kappa shape index (κ3) is 2.37. The Hall–Kier alpha value is -1.95. The van der Waals surface area contributed by atoms with E-state index in [4.69, 9.17) is 14.2 Å². The Balaban J connectivity index is 2.14. The predicted molar refractivity (Wildman–Crippen MR) is 82.6 cm³/mol. The second-order valence-electron chi connectivity index (χ2n) is 6.06. The zero-order chi connectivity index (χ0) is 15.9. The molecule has 6 nitrogen and oxygen atoms in total. The van der Waals surface area contributed by atoms with Crippen LogP contribution in [0, 0.1) is 5.92 Å². The molecule has 0 aromatic heterocycles. The monoisotopic (exact) mass is 306 g/mol. The maximum Gasteiger partial charge on any atom is 0.231 e. The van der Waals surface area contributed by atoms with E-state index in [2.05, 4.69) is 17.3 Å². The number of nitrogens with zero attached hydrogens (tertiary/aromatic N) is 1. The lowest BCUT2D eigenvalue weighted by molar-refractivity contribution is -0.118. The first-order chi connectivity index (χ1) is 10.5. The van der Waals surface area contributed by atoms with Crippen LogP contribution in [0.5, 0.6) is 17.2 Å². The van der Waals surface area contributed by atoms with Crippen LogP contribution >= 0.6 is 0 Å². The average molecular weight is 306 g/mol. The predicted octanol–water partition coefficient (Wildman–Crippen LogP) is 2.01. The number of fused-ring (bicyclic) bond motifs is 2. The third-order valence-corrected chi connectivity index (χ3v) is 4.13. The van der Waals surface area contributed by atoms with Gasteiger partial charge in [-0.05, 0) is 19.0 Å². The van der Waals surface area contributed by atoms with Crippen molar-refractivity contribution in [1.29, 1.82) is 0 Å². The van der Waals surface area contributed by atoms with Gasteiger partial charge in [-0.1, -0.05) is 13.8 Å². The Kier molecular flexibility index (Phi) is 3.87. The van der Waals surface area contributed by atoms with Crippen LogP contribution in [-0.4, -0.2) is 38.3 Å². The van der Waals surface area contributed by atoms with Crippen molar-refractivity contribution in [2.45, 2.75) is 26.8 Å². The molecule has 1 N–H and O–H groups in total. The quantitative estimate of drug-likeness (QED) is 0.925. The van der Waals surface area contributed by atoms with Crippen LogP contribution in [0.2, 0.25) is 0 Å². The highest BCUT2D eigenvalue weighted by Crippen LogP contribution is 2.52. The fourth-order valence-electron chi connectivity index (χ4n) is 2.91. The minimum Gasteiger partial charge on any atom is -0.492 e. The van der Waals surface area contributed by atoms with E-state index in [0.29, 0.717) is 11.5 Å². The van der Waals surface area contributed by atoms with Crippen LogP contribution in [0.4, 0.5) is 5.69 Å². The smallest absolute Gasteiger partial charge is 0.231 e. The zero-order valence-electron chi connectivity index (χ0n) is 13.5. The molecule has 1 aromatic carbocycles. The lowest BCUT2D eigenvalue weighted by Gasteiger charge is -2.29. The maximum atomic E-state index is 12.2. The van der Waals surface area contributed by atoms with Crippen LogP contribution in [0.1, 0.15) is 25.0 Å². The average Bonchev–Trinajstić information content (AvgIpc) is 2.95. The zero-order valence-corrected chi connectivity index (χ0v) is 13.5. The van der Waals surface area contributed by atoms with E-state index in [1.54, 1.807) is 7.11 Å². The van der Waals surface area contributed by atoms with Gasteiger partial charge in [0.1, 0.15) is 0 Å². The normalized spacial score (nSPS) is 16.6. The number of anilines is 1. The third-order valence-electron chi connectivity index (χ3n) is 4.13. The topological polar surface area (TPSA) is 60.0 Å². The summed E-state index contributed by atoms with van der Waals surface area (Å²) < 4.78 is 16.8. The standard InChI is InChI=1S/C16H22N2O4/c1-9(2)16(19)17-12-10-5-6-18(3)7-11(10)13(20-4)15-14(12)21-8-22-15/h9H,5-8H2,1-4H3,(H,17,19). The molecular formula is C16H22N2O4. The first-order valence-electron chi connectivity index (χ1n) is 7.53. The van der Waals surface area contributed by atoms with E-state index in [-0.39, 0.29) is 18.6 Å². The van der Waals surface area contributed by atoms with E-state index in [1.807, 2.05) is 13.8 Å². The van der Waals surface area contributed by atoms with Gasteiger partial charge in [0.2, 0.25) is 18.4 Å². The summed E-state index contributed by atoms with van der Waals surface area (Å²) in [6, 6.07) is 0. The molecule has 2 aliphatic rings. The Bertz CT molecular complexity index is 613. The van der Waals surface area contributed by atoms with Gasteiger partial charge in [0.25, 0.3) is 0 Å². The van der Waals surface area contributed by atoms with Crippen LogP contribution in [0.15, 0.2) is 0 Å². The van der Waals surface area contributed by atoms with E-state index in [1.165, 1.54) is 0 Å². The summed E-state index contributed by atoms with van der Waals surface area (Å²) in [6.45, 7) is 5.59. The van der Waals surface area contributed by atoms with Crippen molar-refractivity contribution in [1.82, 2.24) is 4.90 Å². The summed E-state index contributed by atoms with van der Waals surface area (Å²) >= 11 is 0. The number of carbonyl (C=O) groups is 1. The molecule has 0 fully saturated rings. The number of amides is 1. The number of methoxy groups -OCH3 is 1. The molecule has 2 heterocycles. The SMILES string of the molecule is COc1c2c(c(NC(=O)C(C)C)c3c1OCO3)CCN(C)C2. The minimum atomic E-state index is -0.0954. The molecule has 0 radical (unpaired) electrons. The molecule has 6 heteroatoms. The molecule has 0 saturated carbocycles. The molecule has 120 valence electrons. The molecule has 0 saturated heterocycles. The molecular weight excluding hydrogens is 284 g/mol. The van der Waals surface area contributed by atoms with Crippen molar-refractivity contribution >= 4 is 11.6 Å². The molecule has 3 rings (SSSR count). The van der Waals surface area contributed by atoms with E-state index >= 15 is 0 Å². The number of nitrogens with one attached hydrogen (secondary N) is 1. The van der Waals surface area contributed by atoms with Crippen molar-refractivity contribution in [2.75, 3.05) is 32.8 Å². The summed E-state index contributed by atoms with van der Waals surface area (Å²) in [6.07, 6.45) is 0.840. The van der Waals surface area contributed by atoms with E-state index < -0.39 is 0 Å². The highest BCUT2D eigenvalue weighted by Gasteiger charge is 2.33. The molecule has 1 amide bonds. The molecule has 0 aliphatic carbocycles. The van der Waals surface area contributed by atoms with Crippen LogP contribution in [0.3, 0.4) is 0 Å². The van der Waals surface area contributed by atoms with E-state index in [9.17, 15) is 4.79 Å². The van der Waals surface area contributed by atoms with Gasteiger partial charge in [-0.25, -0.2) is 0 Å². The summed E-state index contributed by atoms with van der Waals surface area (Å²) in [5, 5.41) is 3.02. The number of benzene rings is 1. The minimum absolute atomic E-state index is 0.0241. The number of rotatable bonds is 3. The van der Waals surface area contributed by atoms with Gasteiger partial charge in [0, 0.05) is 24.6 Å². The molecule has 0 spiro atoms. The van der Waals surface area contributed by atoms with Gasteiger partial charge < -0.3 is 24.4 Å². The number of hydrogen-bond donors (Lipinski definition) is 1. The molecule has 0 bridgehead atoms. The summed E-state index contributed by atoms with van der Waals surface area (Å²) in [5.74, 6) is 1.78. The van der Waals surface area contributed by atoms with Gasteiger partial charge in [-0.3, -0.25) is 4.79 Å². The molecule has 22 heavy (non-hydrogen) atoms.